The van der Waals surface area contributed by atoms with E-state index in [1.807, 2.05) is 17.0 Å². The molecule has 0 aromatic carbocycles. The zero-order valence-corrected chi connectivity index (χ0v) is 12.4. The molecule has 0 radical (unpaired) electrons. The van der Waals surface area contributed by atoms with Crippen LogP contribution in [-0.4, -0.2) is 46.9 Å². The van der Waals surface area contributed by atoms with Gasteiger partial charge in [-0.05, 0) is 12.1 Å². The highest BCUT2D eigenvalue weighted by atomic mass is 35.5. The van der Waals surface area contributed by atoms with Gasteiger partial charge in [0, 0.05) is 26.2 Å². The summed E-state index contributed by atoms with van der Waals surface area (Å²) >= 11 is 7.20. The van der Waals surface area contributed by atoms with Crippen LogP contribution in [0.15, 0.2) is 28.3 Å². The van der Waals surface area contributed by atoms with Crippen molar-refractivity contribution in [1.82, 2.24) is 14.8 Å². The lowest BCUT2D eigenvalue weighted by Crippen LogP contribution is -2.48. The van der Waals surface area contributed by atoms with Gasteiger partial charge in [0.25, 0.3) is 5.91 Å². The van der Waals surface area contributed by atoms with Gasteiger partial charge in [-0.25, -0.2) is 4.98 Å². The molecule has 2 aromatic heterocycles. The molecule has 0 unspecified atom stereocenters. The zero-order chi connectivity index (χ0) is 13.9. The number of hydrogen-bond acceptors (Lipinski definition) is 5. The third-order valence-corrected chi connectivity index (χ3v) is 4.55. The third kappa shape index (κ3) is 2.87. The van der Waals surface area contributed by atoms with Crippen molar-refractivity contribution >= 4 is 28.8 Å². The summed E-state index contributed by atoms with van der Waals surface area (Å²) in [6.45, 7) is 3.86. The maximum absolute atomic E-state index is 12.3. The summed E-state index contributed by atoms with van der Waals surface area (Å²) in [5.74, 6) is 0.936. The van der Waals surface area contributed by atoms with Crippen LogP contribution in [0.25, 0.3) is 0 Å². The number of thiazole rings is 1. The monoisotopic (exact) mass is 311 g/mol. The molecule has 0 saturated carbocycles. The Kier molecular flexibility index (Phi) is 4.05. The van der Waals surface area contributed by atoms with E-state index >= 15 is 0 Å². The van der Waals surface area contributed by atoms with Crippen molar-refractivity contribution in [2.75, 3.05) is 26.2 Å². The van der Waals surface area contributed by atoms with E-state index in [1.165, 1.54) is 11.3 Å². The molecule has 106 valence electrons. The Balaban J connectivity index is 1.56. The van der Waals surface area contributed by atoms with E-state index in [4.69, 9.17) is 16.0 Å². The summed E-state index contributed by atoms with van der Waals surface area (Å²) in [4.78, 5) is 20.8. The van der Waals surface area contributed by atoms with E-state index in [0.29, 0.717) is 23.1 Å². The number of aromatic nitrogens is 1. The zero-order valence-electron chi connectivity index (χ0n) is 10.8. The normalized spacial score (nSPS) is 16.6. The fourth-order valence-corrected chi connectivity index (χ4v) is 3.21. The van der Waals surface area contributed by atoms with Crippen LogP contribution in [0.1, 0.15) is 15.4 Å². The Bertz CT molecular complexity index is 576. The molecular formula is C13H14ClN3O2S. The smallest absolute Gasteiger partial charge is 0.267 e. The van der Waals surface area contributed by atoms with E-state index in [2.05, 4.69) is 9.88 Å². The van der Waals surface area contributed by atoms with Gasteiger partial charge >= 0.3 is 0 Å². The minimum Gasteiger partial charge on any atom is -0.468 e. The molecule has 1 fully saturated rings. The van der Waals surface area contributed by atoms with Gasteiger partial charge in [-0.1, -0.05) is 11.6 Å². The van der Waals surface area contributed by atoms with Gasteiger partial charge in [0.1, 0.15) is 10.6 Å². The topological polar surface area (TPSA) is 49.6 Å². The molecule has 1 amide bonds. The van der Waals surface area contributed by atoms with Gasteiger partial charge in [-0.3, -0.25) is 9.69 Å². The van der Waals surface area contributed by atoms with E-state index in [0.717, 1.165) is 25.4 Å². The van der Waals surface area contributed by atoms with Crippen molar-refractivity contribution < 1.29 is 9.21 Å². The van der Waals surface area contributed by atoms with Crippen LogP contribution in [0.2, 0.25) is 5.15 Å². The van der Waals surface area contributed by atoms with Crippen molar-refractivity contribution in [3.05, 3.63) is 39.7 Å². The Hall–Kier alpha value is -1.37. The van der Waals surface area contributed by atoms with Crippen LogP contribution in [0.5, 0.6) is 0 Å². The number of halogens is 1. The predicted molar refractivity (Wildman–Crippen MR) is 77.0 cm³/mol. The molecule has 0 spiro atoms. The molecule has 5 nitrogen and oxygen atoms in total. The van der Waals surface area contributed by atoms with E-state index in [1.54, 1.807) is 11.8 Å². The second-order valence-corrected chi connectivity index (χ2v) is 5.83. The molecule has 1 aliphatic rings. The van der Waals surface area contributed by atoms with E-state index < -0.39 is 0 Å². The molecule has 1 aliphatic heterocycles. The van der Waals surface area contributed by atoms with Gasteiger partial charge in [0.05, 0.1) is 18.3 Å². The Morgan fingerprint density at radius 1 is 1.40 bits per heavy atom. The second-order valence-electron chi connectivity index (χ2n) is 4.62. The molecule has 3 heterocycles. The second kappa shape index (κ2) is 5.95. The number of furan rings is 1. The number of amides is 1. The molecule has 20 heavy (non-hydrogen) atoms. The average molecular weight is 312 g/mol. The quantitative estimate of drug-likeness (QED) is 0.873. The van der Waals surface area contributed by atoms with Gasteiger partial charge in [0.15, 0.2) is 5.15 Å². The maximum Gasteiger partial charge on any atom is 0.267 e. The Labute approximate surface area is 125 Å². The first-order valence-electron chi connectivity index (χ1n) is 6.37. The largest absolute Gasteiger partial charge is 0.468 e. The van der Waals surface area contributed by atoms with Gasteiger partial charge in [-0.2, -0.15) is 0 Å². The van der Waals surface area contributed by atoms with Gasteiger partial charge < -0.3 is 9.32 Å². The van der Waals surface area contributed by atoms with Crippen molar-refractivity contribution in [2.45, 2.75) is 6.54 Å². The molecule has 7 heteroatoms. The van der Waals surface area contributed by atoms with Crippen molar-refractivity contribution in [3.63, 3.8) is 0 Å². The first-order chi connectivity index (χ1) is 9.74. The number of carbonyl (C=O) groups is 1. The molecule has 1 saturated heterocycles. The molecular weight excluding hydrogens is 298 g/mol. The van der Waals surface area contributed by atoms with Crippen molar-refractivity contribution in [2.24, 2.45) is 0 Å². The van der Waals surface area contributed by atoms with Crippen LogP contribution < -0.4 is 0 Å². The van der Waals surface area contributed by atoms with Crippen LogP contribution in [0.3, 0.4) is 0 Å². The standard InChI is InChI=1S/C13H14ClN3O2S/c14-12-11(20-9-15-12)13(18)17-5-3-16(4-6-17)8-10-2-1-7-19-10/h1-2,7,9H,3-6,8H2. The minimum atomic E-state index is -0.0184. The molecule has 0 N–H and O–H groups in total. The van der Waals surface area contributed by atoms with Gasteiger partial charge in [0.2, 0.25) is 0 Å². The van der Waals surface area contributed by atoms with Crippen LogP contribution in [-0.2, 0) is 6.54 Å². The van der Waals surface area contributed by atoms with Crippen LogP contribution in [0, 0.1) is 0 Å². The lowest BCUT2D eigenvalue weighted by Gasteiger charge is -2.34. The number of carbonyl (C=O) groups excluding carboxylic acids is 1. The molecule has 3 rings (SSSR count). The highest BCUT2D eigenvalue weighted by Crippen LogP contribution is 2.21. The van der Waals surface area contributed by atoms with E-state index in [-0.39, 0.29) is 5.91 Å². The van der Waals surface area contributed by atoms with Crippen molar-refractivity contribution in [1.29, 1.82) is 0 Å². The van der Waals surface area contributed by atoms with Crippen molar-refractivity contribution in [3.8, 4) is 0 Å². The summed E-state index contributed by atoms with van der Waals surface area (Å²) in [6, 6.07) is 3.86. The lowest BCUT2D eigenvalue weighted by atomic mass is 10.3. The molecule has 0 bridgehead atoms. The highest BCUT2D eigenvalue weighted by molar-refractivity contribution is 7.12. The van der Waals surface area contributed by atoms with Gasteiger partial charge in [-0.15, -0.1) is 11.3 Å². The first-order valence-corrected chi connectivity index (χ1v) is 7.63. The summed E-state index contributed by atoms with van der Waals surface area (Å²) in [6.07, 6.45) is 1.68. The first kappa shape index (κ1) is 13.6. The third-order valence-electron chi connectivity index (χ3n) is 3.34. The SMILES string of the molecule is O=C(c1scnc1Cl)N1CCN(Cc2ccco2)CC1. The summed E-state index contributed by atoms with van der Waals surface area (Å²) < 4.78 is 5.34. The molecule has 0 atom stereocenters. The summed E-state index contributed by atoms with van der Waals surface area (Å²) in [5.41, 5.74) is 1.60. The van der Waals surface area contributed by atoms with Crippen LogP contribution >= 0.6 is 22.9 Å². The fraction of sp³-hybridized carbons (Fsp3) is 0.385. The number of rotatable bonds is 3. The molecule has 2 aromatic rings. The highest BCUT2D eigenvalue weighted by Gasteiger charge is 2.25. The predicted octanol–water partition coefficient (Wildman–Crippen LogP) is 2.35. The number of hydrogen-bond donors (Lipinski definition) is 0. The fourth-order valence-electron chi connectivity index (χ4n) is 2.25. The number of piperazine rings is 1. The Morgan fingerprint density at radius 2 is 2.20 bits per heavy atom. The molecule has 0 aliphatic carbocycles. The maximum atomic E-state index is 12.3. The Morgan fingerprint density at radius 3 is 2.80 bits per heavy atom. The number of nitrogens with zero attached hydrogens (tertiary/aromatic N) is 3. The van der Waals surface area contributed by atoms with E-state index in [9.17, 15) is 4.79 Å². The average Bonchev–Trinajstić information content (AvgIpc) is 3.10. The lowest BCUT2D eigenvalue weighted by molar-refractivity contribution is 0.0625. The summed E-state index contributed by atoms with van der Waals surface area (Å²) in [7, 11) is 0. The summed E-state index contributed by atoms with van der Waals surface area (Å²) in [5, 5.41) is 0.304. The minimum absolute atomic E-state index is 0.0184. The van der Waals surface area contributed by atoms with Crippen LogP contribution in [0.4, 0.5) is 0 Å².